The maximum Gasteiger partial charge on any atom is 0.157 e. The number of hydrogen-bond donors (Lipinski definition) is 4. The van der Waals surface area contributed by atoms with Crippen LogP contribution in [0.2, 0.25) is 0 Å². The second-order valence-corrected chi connectivity index (χ2v) is 5.11. The molecular weight excluding hydrogens is 256 g/mol. The minimum absolute atomic E-state index is 0.0856. The van der Waals surface area contributed by atoms with E-state index in [2.05, 4.69) is 0 Å². The lowest BCUT2D eigenvalue weighted by molar-refractivity contribution is 0.0785. The van der Waals surface area contributed by atoms with Crippen LogP contribution in [-0.2, 0) is 6.42 Å². The summed E-state index contributed by atoms with van der Waals surface area (Å²) in [7, 11) is 0. The van der Waals surface area contributed by atoms with Gasteiger partial charge in [0.25, 0.3) is 0 Å². The zero-order valence-corrected chi connectivity index (χ0v) is 11.2. The first-order valence-corrected chi connectivity index (χ1v) is 6.82. The van der Waals surface area contributed by atoms with Crippen molar-refractivity contribution in [2.45, 2.75) is 37.9 Å². The summed E-state index contributed by atoms with van der Waals surface area (Å²) in [6, 6.07) is 4.87. The van der Waals surface area contributed by atoms with Crippen LogP contribution in [0.1, 0.15) is 24.8 Å². The third-order valence-corrected chi connectivity index (χ3v) is 3.46. The Morgan fingerprint density at radius 3 is 2.35 bits per heavy atom. The van der Waals surface area contributed by atoms with Crippen molar-refractivity contribution < 1.29 is 20.4 Å². The number of unbranched alkanes of at least 4 members (excludes halogenated alkanes) is 1. The van der Waals surface area contributed by atoms with Crippen molar-refractivity contribution in [3.8, 4) is 11.5 Å². The van der Waals surface area contributed by atoms with Crippen molar-refractivity contribution in [3.05, 3.63) is 47.6 Å². The Bertz CT molecular complexity index is 519. The predicted octanol–water partition coefficient (Wildman–Crippen LogP) is 2.03. The first-order chi connectivity index (χ1) is 9.56. The fourth-order valence-corrected chi connectivity index (χ4v) is 2.26. The van der Waals surface area contributed by atoms with Crippen molar-refractivity contribution in [3.63, 3.8) is 0 Å². The monoisotopic (exact) mass is 276 g/mol. The fourth-order valence-electron chi connectivity index (χ4n) is 2.26. The topological polar surface area (TPSA) is 80.9 Å². The van der Waals surface area contributed by atoms with Crippen molar-refractivity contribution in [2.24, 2.45) is 0 Å². The van der Waals surface area contributed by atoms with Gasteiger partial charge in [-0.15, -0.1) is 0 Å². The van der Waals surface area contributed by atoms with Crippen molar-refractivity contribution >= 4 is 0 Å². The lowest BCUT2D eigenvalue weighted by Gasteiger charge is -2.17. The van der Waals surface area contributed by atoms with Gasteiger partial charge in [-0.05, 0) is 49.0 Å². The van der Waals surface area contributed by atoms with E-state index >= 15 is 0 Å². The number of phenols is 2. The molecule has 0 saturated carbocycles. The van der Waals surface area contributed by atoms with Crippen LogP contribution < -0.4 is 0 Å². The molecule has 0 spiro atoms. The molecule has 2 rings (SSSR count). The van der Waals surface area contributed by atoms with Gasteiger partial charge in [0.15, 0.2) is 11.5 Å². The molecule has 1 aliphatic rings. The zero-order chi connectivity index (χ0) is 14.5. The standard InChI is InChI=1S/C16H20O4/c17-13-7-5-11(9-15(13)19)3-1-2-4-12-6-8-14(18)16(20)10-12/h5-10,13,15,17-20H,1-4H2. The summed E-state index contributed by atoms with van der Waals surface area (Å²) in [5.41, 5.74) is 2.03. The predicted molar refractivity (Wildman–Crippen MR) is 76.6 cm³/mol. The highest BCUT2D eigenvalue weighted by molar-refractivity contribution is 5.40. The van der Waals surface area contributed by atoms with Crippen LogP contribution >= 0.6 is 0 Å². The largest absolute Gasteiger partial charge is 0.504 e. The second-order valence-electron chi connectivity index (χ2n) is 5.11. The van der Waals surface area contributed by atoms with E-state index in [1.165, 1.54) is 6.07 Å². The third-order valence-electron chi connectivity index (χ3n) is 3.46. The third kappa shape index (κ3) is 3.85. The Labute approximate surface area is 118 Å². The van der Waals surface area contributed by atoms with Gasteiger partial charge < -0.3 is 20.4 Å². The van der Waals surface area contributed by atoms with E-state index in [1.807, 2.05) is 6.08 Å². The number of aliphatic hydroxyl groups is 2. The number of aryl methyl sites for hydroxylation is 1. The molecule has 0 saturated heterocycles. The number of allylic oxidation sites excluding steroid dienone is 2. The Hall–Kier alpha value is -1.78. The van der Waals surface area contributed by atoms with Gasteiger partial charge in [0.2, 0.25) is 0 Å². The van der Waals surface area contributed by atoms with Crippen molar-refractivity contribution in [1.82, 2.24) is 0 Å². The molecule has 0 radical (unpaired) electrons. The molecule has 1 aliphatic carbocycles. The second kappa shape index (κ2) is 6.59. The molecule has 0 fully saturated rings. The quantitative estimate of drug-likeness (QED) is 0.490. The van der Waals surface area contributed by atoms with E-state index < -0.39 is 12.2 Å². The Morgan fingerprint density at radius 1 is 0.900 bits per heavy atom. The summed E-state index contributed by atoms with van der Waals surface area (Å²) in [6.45, 7) is 0. The highest BCUT2D eigenvalue weighted by Gasteiger charge is 2.14. The number of phenolic OH excluding ortho intramolecular Hbond substituents is 2. The minimum atomic E-state index is -0.802. The van der Waals surface area contributed by atoms with Gasteiger partial charge in [-0.1, -0.05) is 24.3 Å². The van der Waals surface area contributed by atoms with E-state index in [4.69, 9.17) is 0 Å². The zero-order valence-electron chi connectivity index (χ0n) is 11.2. The normalized spacial score (nSPS) is 21.8. The van der Waals surface area contributed by atoms with Crippen molar-refractivity contribution in [2.75, 3.05) is 0 Å². The molecule has 0 aliphatic heterocycles. The van der Waals surface area contributed by atoms with Crippen LogP contribution in [0.5, 0.6) is 11.5 Å². The number of aromatic hydroxyl groups is 2. The number of hydrogen-bond acceptors (Lipinski definition) is 4. The fraction of sp³-hybridized carbons (Fsp3) is 0.375. The Balaban J connectivity index is 1.75. The summed E-state index contributed by atoms with van der Waals surface area (Å²) < 4.78 is 0. The highest BCUT2D eigenvalue weighted by atomic mass is 16.3. The van der Waals surface area contributed by atoms with Crippen LogP contribution in [0.15, 0.2) is 42.0 Å². The van der Waals surface area contributed by atoms with Crippen molar-refractivity contribution in [1.29, 1.82) is 0 Å². The molecule has 4 N–H and O–H groups in total. The molecule has 0 aromatic heterocycles. The van der Waals surface area contributed by atoms with Gasteiger partial charge >= 0.3 is 0 Å². The molecule has 20 heavy (non-hydrogen) atoms. The minimum Gasteiger partial charge on any atom is -0.504 e. The smallest absolute Gasteiger partial charge is 0.157 e. The molecule has 1 aromatic carbocycles. The maximum atomic E-state index is 9.51. The molecule has 0 bridgehead atoms. The molecule has 4 heteroatoms. The SMILES string of the molecule is Oc1ccc(CCCCC2=CC(O)C(O)C=C2)cc1O. The molecule has 4 nitrogen and oxygen atoms in total. The lowest BCUT2D eigenvalue weighted by atomic mass is 9.97. The number of benzene rings is 1. The molecule has 2 unspecified atom stereocenters. The summed E-state index contributed by atoms with van der Waals surface area (Å²) in [5.74, 6) is -0.184. The van der Waals surface area contributed by atoms with Gasteiger partial charge in [-0.2, -0.15) is 0 Å². The molecule has 0 amide bonds. The molecule has 108 valence electrons. The molecular formula is C16H20O4. The van der Waals surface area contributed by atoms with Crippen LogP contribution in [0.3, 0.4) is 0 Å². The summed E-state index contributed by atoms with van der Waals surface area (Å²) in [4.78, 5) is 0. The van der Waals surface area contributed by atoms with Crippen LogP contribution in [0.25, 0.3) is 0 Å². The Morgan fingerprint density at radius 2 is 1.65 bits per heavy atom. The van der Waals surface area contributed by atoms with E-state index in [0.29, 0.717) is 0 Å². The lowest BCUT2D eigenvalue weighted by Crippen LogP contribution is -2.23. The van der Waals surface area contributed by atoms with E-state index in [-0.39, 0.29) is 11.5 Å². The summed E-state index contributed by atoms with van der Waals surface area (Å²) >= 11 is 0. The van der Waals surface area contributed by atoms with Gasteiger partial charge in [-0.3, -0.25) is 0 Å². The number of aliphatic hydroxyl groups excluding tert-OH is 2. The average Bonchev–Trinajstić information content (AvgIpc) is 2.42. The maximum absolute atomic E-state index is 9.51. The van der Waals surface area contributed by atoms with Gasteiger partial charge in [0.1, 0.15) is 12.2 Å². The van der Waals surface area contributed by atoms with E-state index in [0.717, 1.165) is 36.8 Å². The van der Waals surface area contributed by atoms with Crippen LogP contribution in [0.4, 0.5) is 0 Å². The highest BCUT2D eigenvalue weighted by Crippen LogP contribution is 2.26. The van der Waals surface area contributed by atoms with E-state index in [1.54, 1.807) is 24.3 Å². The Kier molecular flexibility index (Phi) is 4.82. The summed E-state index contributed by atoms with van der Waals surface area (Å²) in [6.07, 6.45) is 7.15. The summed E-state index contributed by atoms with van der Waals surface area (Å²) in [5, 5.41) is 37.5. The van der Waals surface area contributed by atoms with Crippen LogP contribution in [-0.4, -0.2) is 32.6 Å². The van der Waals surface area contributed by atoms with Gasteiger partial charge in [0, 0.05) is 0 Å². The molecule has 0 heterocycles. The average molecular weight is 276 g/mol. The molecule has 1 aromatic rings. The van der Waals surface area contributed by atoms with E-state index in [9.17, 15) is 20.4 Å². The first-order valence-electron chi connectivity index (χ1n) is 6.82. The van der Waals surface area contributed by atoms with Crippen LogP contribution in [0, 0.1) is 0 Å². The number of rotatable bonds is 5. The van der Waals surface area contributed by atoms with Gasteiger partial charge in [-0.25, -0.2) is 0 Å². The van der Waals surface area contributed by atoms with Gasteiger partial charge in [0.05, 0.1) is 0 Å². The first kappa shape index (κ1) is 14.6. The molecule has 2 atom stereocenters.